The van der Waals surface area contributed by atoms with Gasteiger partial charge in [-0.3, -0.25) is 4.79 Å². The number of carboxylic acid groups (broad SMARTS) is 1. The lowest BCUT2D eigenvalue weighted by Gasteiger charge is -2.26. The molecular formula is C15H20N2O5S. The van der Waals surface area contributed by atoms with Gasteiger partial charge in [0.2, 0.25) is 0 Å². The first kappa shape index (κ1) is 17.5. The number of methoxy groups -OCH3 is 1. The predicted octanol–water partition coefficient (Wildman–Crippen LogP) is 1.31. The highest BCUT2D eigenvalue weighted by Gasteiger charge is 2.27. The van der Waals surface area contributed by atoms with Crippen LogP contribution < -0.4 is 9.46 Å². The zero-order chi connectivity index (χ0) is 16.9. The second kappa shape index (κ2) is 7.58. The van der Waals surface area contributed by atoms with E-state index in [0.29, 0.717) is 24.3 Å². The Morgan fingerprint density at radius 3 is 2.57 bits per heavy atom. The Labute approximate surface area is 135 Å². The molecule has 0 bridgehead atoms. The van der Waals surface area contributed by atoms with E-state index in [-0.39, 0.29) is 13.0 Å². The van der Waals surface area contributed by atoms with Crippen LogP contribution in [0.5, 0.6) is 5.75 Å². The van der Waals surface area contributed by atoms with Gasteiger partial charge in [-0.2, -0.15) is 17.4 Å². The van der Waals surface area contributed by atoms with E-state index < -0.39 is 22.2 Å². The van der Waals surface area contributed by atoms with Gasteiger partial charge in [-0.15, -0.1) is 0 Å². The topological polar surface area (TPSA) is 95.9 Å². The van der Waals surface area contributed by atoms with Crippen LogP contribution in [0, 0.1) is 0 Å². The summed E-state index contributed by atoms with van der Waals surface area (Å²) in [6.45, 7) is 0.673. The first-order valence-electron chi connectivity index (χ1n) is 7.20. The van der Waals surface area contributed by atoms with Crippen LogP contribution in [0.2, 0.25) is 0 Å². The monoisotopic (exact) mass is 340 g/mol. The van der Waals surface area contributed by atoms with Gasteiger partial charge < -0.3 is 9.84 Å². The maximum atomic E-state index is 12.4. The number of ether oxygens (including phenoxy) is 1. The van der Waals surface area contributed by atoms with Crippen LogP contribution in [0.3, 0.4) is 0 Å². The van der Waals surface area contributed by atoms with Gasteiger partial charge in [0.15, 0.2) is 0 Å². The summed E-state index contributed by atoms with van der Waals surface area (Å²) in [7, 11) is -2.23. The average Bonchev–Trinajstić information content (AvgIpc) is 2.54. The summed E-state index contributed by atoms with van der Waals surface area (Å²) in [6.07, 6.45) is 4.01. The van der Waals surface area contributed by atoms with Crippen molar-refractivity contribution < 1.29 is 23.1 Å². The second-order valence-corrected chi connectivity index (χ2v) is 6.87. The molecule has 0 saturated heterocycles. The molecule has 1 unspecified atom stereocenters. The number of carboxylic acids is 1. The average molecular weight is 340 g/mol. The van der Waals surface area contributed by atoms with Gasteiger partial charge >= 0.3 is 5.97 Å². The molecule has 0 aliphatic carbocycles. The van der Waals surface area contributed by atoms with Crippen LogP contribution >= 0.6 is 0 Å². The van der Waals surface area contributed by atoms with Crippen LogP contribution in [0.15, 0.2) is 36.4 Å². The highest BCUT2D eigenvalue weighted by Crippen LogP contribution is 2.22. The fourth-order valence-corrected chi connectivity index (χ4v) is 3.69. The maximum absolute atomic E-state index is 12.4. The standard InChI is InChI=1S/C15H20N2O5S/c1-22-13-7-5-12(6-8-13)14(11-15(18)19)16-23(20,21)17-9-3-2-4-10-17/h2-3,5-8,14,16H,4,9-11H2,1H3,(H,18,19). The van der Waals surface area contributed by atoms with E-state index in [9.17, 15) is 13.2 Å². The SMILES string of the molecule is COc1ccc(C(CC(=O)O)NS(=O)(=O)N2CC=CCC2)cc1. The molecule has 1 aliphatic heterocycles. The van der Waals surface area contributed by atoms with Crippen molar-refractivity contribution in [2.45, 2.75) is 18.9 Å². The molecule has 1 heterocycles. The molecule has 23 heavy (non-hydrogen) atoms. The second-order valence-electron chi connectivity index (χ2n) is 5.16. The number of hydrogen-bond donors (Lipinski definition) is 2. The summed E-state index contributed by atoms with van der Waals surface area (Å²) in [5, 5.41) is 9.07. The minimum absolute atomic E-state index is 0.289. The summed E-state index contributed by atoms with van der Waals surface area (Å²) in [5.41, 5.74) is 0.573. The Morgan fingerprint density at radius 2 is 2.04 bits per heavy atom. The molecule has 1 aromatic rings. The molecule has 2 N–H and O–H groups in total. The van der Waals surface area contributed by atoms with Gasteiger partial charge in [0, 0.05) is 13.1 Å². The zero-order valence-electron chi connectivity index (χ0n) is 12.8. The molecule has 0 saturated carbocycles. The fourth-order valence-electron chi connectivity index (χ4n) is 2.33. The Kier molecular flexibility index (Phi) is 5.75. The zero-order valence-corrected chi connectivity index (χ0v) is 13.6. The van der Waals surface area contributed by atoms with Crippen LogP contribution in [0.25, 0.3) is 0 Å². The van der Waals surface area contributed by atoms with Crippen LogP contribution in [-0.2, 0) is 15.0 Å². The third-order valence-electron chi connectivity index (χ3n) is 3.55. The van der Waals surface area contributed by atoms with Gasteiger partial charge in [-0.25, -0.2) is 0 Å². The number of nitrogens with zero attached hydrogens (tertiary/aromatic N) is 1. The molecular weight excluding hydrogens is 320 g/mol. The number of carbonyl (C=O) groups is 1. The summed E-state index contributed by atoms with van der Waals surface area (Å²) in [5.74, 6) is -0.459. The lowest BCUT2D eigenvalue weighted by atomic mass is 10.0. The molecule has 1 atom stereocenters. The lowest BCUT2D eigenvalue weighted by molar-refractivity contribution is -0.137. The van der Waals surface area contributed by atoms with Crippen molar-refractivity contribution in [2.75, 3.05) is 20.2 Å². The third kappa shape index (κ3) is 4.78. The minimum Gasteiger partial charge on any atom is -0.497 e. The summed E-state index contributed by atoms with van der Waals surface area (Å²) < 4.78 is 33.7. The highest BCUT2D eigenvalue weighted by molar-refractivity contribution is 7.87. The molecule has 0 amide bonds. The van der Waals surface area contributed by atoms with Gasteiger partial charge in [0.1, 0.15) is 5.75 Å². The predicted molar refractivity (Wildman–Crippen MR) is 85.4 cm³/mol. The molecule has 0 aromatic heterocycles. The van der Waals surface area contributed by atoms with Crippen molar-refractivity contribution in [3.8, 4) is 5.75 Å². The van der Waals surface area contributed by atoms with E-state index in [1.807, 2.05) is 6.08 Å². The first-order valence-corrected chi connectivity index (χ1v) is 8.64. The van der Waals surface area contributed by atoms with Crippen molar-refractivity contribution in [3.63, 3.8) is 0 Å². The van der Waals surface area contributed by atoms with Crippen molar-refractivity contribution in [1.82, 2.24) is 9.03 Å². The van der Waals surface area contributed by atoms with E-state index in [0.717, 1.165) is 0 Å². The Morgan fingerprint density at radius 1 is 1.35 bits per heavy atom. The van der Waals surface area contributed by atoms with Crippen molar-refractivity contribution in [1.29, 1.82) is 0 Å². The van der Waals surface area contributed by atoms with E-state index >= 15 is 0 Å². The quantitative estimate of drug-likeness (QED) is 0.730. The minimum atomic E-state index is -3.75. The Hall–Kier alpha value is -1.90. The Balaban J connectivity index is 2.20. The Bertz CT molecular complexity index is 670. The van der Waals surface area contributed by atoms with Crippen LogP contribution in [0.1, 0.15) is 24.4 Å². The van der Waals surface area contributed by atoms with E-state index in [4.69, 9.17) is 9.84 Å². The summed E-state index contributed by atoms with van der Waals surface area (Å²) in [6, 6.07) is 5.81. The van der Waals surface area contributed by atoms with Crippen LogP contribution in [-0.4, -0.2) is 44.0 Å². The van der Waals surface area contributed by atoms with E-state index in [1.54, 1.807) is 30.3 Å². The number of benzene rings is 1. The first-order chi connectivity index (χ1) is 10.9. The molecule has 8 heteroatoms. The van der Waals surface area contributed by atoms with Gasteiger partial charge in [-0.05, 0) is 24.1 Å². The van der Waals surface area contributed by atoms with Crippen LogP contribution in [0.4, 0.5) is 0 Å². The molecule has 7 nitrogen and oxygen atoms in total. The number of hydrogen-bond acceptors (Lipinski definition) is 4. The highest BCUT2D eigenvalue weighted by atomic mass is 32.2. The number of rotatable bonds is 7. The number of nitrogens with one attached hydrogen (secondary N) is 1. The van der Waals surface area contributed by atoms with Crippen molar-refractivity contribution >= 4 is 16.2 Å². The van der Waals surface area contributed by atoms with E-state index in [1.165, 1.54) is 11.4 Å². The largest absolute Gasteiger partial charge is 0.497 e. The molecule has 126 valence electrons. The van der Waals surface area contributed by atoms with Gasteiger partial charge in [0.25, 0.3) is 10.2 Å². The maximum Gasteiger partial charge on any atom is 0.305 e. The lowest BCUT2D eigenvalue weighted by Crippen LogP contribution is -2.44. The van der Waals surface area contributed by atoms with E-state index in [2.05, 4.69) is 4.72 Å². The third-order valence-corrected chi connectivity index (χ3v) is 5.14. The molecule has 2 rings (SSSR count). The molecule has 0 radical (unpaired) electrons. The number of aliphatic carboxylic acids is 1. The molecule has 0 fully saturated rings. The molecule has 0 spiro atoms. The van der Waals surface area contributed by atoms with Crippen molar-refractivity contribution in [3.05, 3.63) is 42.0 Å². The molecule has 1 aliphatic rings. The summed E-state index contributed by atoms with van der Waals surface area (Å²) in [4.78, 5) is 11.1. The summed E-state index contributed by atoms with van der Waals surface area (Å²) >= 11 is 0. The normalized spacial score (nSPS) is 16.9. The van der Waals surface area contributed by atoms with Gasteiger partial charge in [-0.1, -0.05) is 24.3 Å². The smallest absolute Gasteiger partial charge is 0.305 e. The fraction of sp³-hybridized carbons (Fsp3) is 0.400. The van der Waals surface area contributed by atoms with Crippen molar-refractivity contribution in [2.24, 2.45) is 0 Å². The van der Waals surface area contributed by atoms with Gasteiger partial charge in [0.05, 0.1) is 19.6 Å². The molecule has 1 aromatic carbocycles.